The van der Waals surface area contributed by atoms with Gasteiger partial charge in [-0.25, -0.2) is 0 Å². The second-order valence-electron chi connectivity index (χ2n) is 6.30. The van der Waals surface area contributed by atoms with E-state index in [1.807, 2.05) is 33.8 Å². The molecule has 0 radical (unpaired) electrons. The van der Waals surface area contributed by atoms with Crippen molar-refractivity contribution in [3.8, 4) is 0 Å². The number of rotatable bonds is 3. The Kier molecular flexibility index (Phi) is 5.23. The average Bonchev–Trinajstić information content (AvgIpc) is 2.61. The third kappa shape index (κ3) is 3.48. The van der Waals surface area contributed by atoms with E-state index < -0.39 is 18.3 Å². The van der Waals surface area contributed by atoms with Crippen molar-refractivity contribution in [3.05, 3.63) is 38.2 Å². The maximum absolute atomic E-state index is 6.21. The van der Waals surface area contributed by atoms with E-state index in [1.54, 1.807) is 12.1 Å². The molecular formula is C15H19BCl3NO2. The summed E-state index contributed by atoms with van der Waals surface area (Å²) in [5, 5.41) is 1.34. The number of hydrogen-bond donors (Lipinski definition) is 1. The van der Waals surface area contributed by atoms with Crippen LogP contribution in [0.15, 0.2) is 17.6 Å². The molecule has 120 valence electrons. The summed E-state index contributed by atoms with van der Waals surface area (Å²) >= 11 is 18.2. The van der Waals surface area contributed by atoms with Gasteiger partial charge in [-0.1, -0.05) is 40.9 Å². The van der Waals surface area contributed by atoms with Gasteiger partial charge >= 0.3 is 7.12 Å². The molecule has 0 aromatic heterocycles. The molecule has 1 saturated heterocycles. The molecule has 0 unspecified atom stereocenters. The predicted molar refractivity (Wildman–Crippen MR) is 94.6 cm³/mol. The summed E-state index contributed by atoms with van der Waals surface area (Å²) in [4.78, 5) is 0. The molecule has 1 aromatic rings. The van der Waals surface area contributed by atoms with E-state index in [9.17, 15) is 0 Å². The summed E-state index contributed by atoms with van der Waals surface area (Å²) < 4.78 is 12.0. The molecule has 3 nitrogen and oxygen atoms in total. The van der Waals surface area contributed by atoms with Crippen LogP contribution in [0.25, 0.3) is 6.08 Å². The second kappa shape index (κ2) is 6.35. The van der Waals surface area contributed by atoms with E-state index in [-0.39, 0.29) is 6.54 Å². The molecule has 1 aromatic carbocycles. The Morgan fingerprint density at radius 2 is 1.55 bits per heavy atom. The number of halogens is 3. The van der Waals surface area contributed by atoms with Crippen LogP contribution in [-0.4, -0.2) is 24.9 Å². The molecule has 2 rings (SSSR count). The average molecular weight is 362 g/mol. The summed E-state index contributed by atoms with van der Waals surface area (Å²) in [5.41, 5.74) is 6.54. The summed E-state index contributed by atoms with van der Waals surface area (Å²) in [6.45, 7) is 8.26. The van der Waals surface area contributed by atoms with Gasteiger partial charge in [-0.2, -0.15) is 0 Å². The molecule has 0 saturated carbocycles. The lowest BCUT2D eigenvalue weighted by Gasteiger charge is -2.32. The molecule has 0 aliphatic carbocycles. The molecule has 0 bridgehead atoms. The van der Waals surface area contributed by atoms with Gasteiger partial charge in [-0.05, 0) is 50.9 Å². The van der Waals surface area contributed by atoms with Crippen molar-refractivity contribution in [1.29, 1.82) is 0 Å². The molecular weight excluding hydrogens is 343 g/mol. The molecule has 1 aliphatic heterocycles. The minimum Gasteiger partial charge on any atom is -0.400 e. The van der Waals surface area contributed by atoms with Crippen LogP contribution in [0.3, 0.4) is 0 Å². The van der Waals surface area contributed by atoms with Gasteiger partial charge in [0.15, 0.2) is 0 Å². The van der Waals surface area contributed by atoms with Crippen molar-refractivity contribution >= 4 is 48.0 Å². The Balaban J connectivity index is 2.36. The van der Waals surface area contributed by atoms with Crippen molar-refractivity contribution in [1.82, 2.24) is 0 Å². The van der Waals surface area contributed by atoms with Crippen LogP contribution in [0.5, 0.6) is 0 Å². The number of hydrogen-bond acceptors (Lipinski definition) is 3. The first-order valence-corrected chi connectivity index (χ1v) is 8.11. The Bertz CT molecular complexity index is 601. The predicted octanol–water partition coefficient (Wildman–Crippen LogP) is 4.62. The van der Waals surface area contributed by atoms with E-state index in [1.165, 1.54) is 0 Å². The highest BCUT2D eigenvalue weighted by atomic mass is 35.5. The normalized spacial score (nSPS) is 20.5. The zero-order valence-electron chi connectivity index (χ0n) is 13.0. The first kappa shape index (κ1) is 18.1. The molecule has 1 fully saturated rings. The van der Waals surface area contributed by atoms with Crippen LogP contribution in [0, 0.1) is 0 Å². The highest BCUT2D eigenvalue weighted by Gasteiger charge is 2.52. The third-order valence-corrected chi connectivity index (χ3v) is 5.22. The van der Waals surface area contributed by atoms with Gasteiger partial charge in [0.2, 0.25) is 0 Å². The van der Waals surface area contributed by atoms with Crippen molar-refractivity contribution < 1.29 is 9.31 Å². The monoisotopic (exact) mass is 361 g/mol. The highest BCUT2D eigenvalue weighted by Crippen LogP contribution is 2.39. The fourth-order valence-electron chi connectivity index (χ4n) is 2.07. The maximum Gasteiger partial charge on any atom is 0.491 e. The summed E-state index contributed by atoms with van der Waals surface area (Å²) in [7, 11) is -0.513. The van der Waals surface area contributed by atoms with Crippen LogP contribution in [0.1, 0.15) is 33.3 Å². The van der Waals surface area contributed by atoms with Gasteiger partial charge in [-0.15, -0.1) is 0 Å². The second-order valence-corrected chi connectivity index (χ2v) is 7.52. The highest BCUT2D eigenvalue weighted by molar-refractivity contribution is 6.56. The van der Waals surface area contributed by atoms with Crippen molar-refractivity contribution in [2.45, 2.75) is 38.9 Å². The standard InChI is InChI=1S/C15H19BCl3NO2/c1-14(2)15(3,4)22-16(21-14)10(8-20)5-9-6-12(18)13(19)7-11(9)17/h5-7H,8,20H2,1-4H3. The lowest BCUT2D eigenvalue weighted by Crippen LogP contribution is -2.41. The van der Waals surface area contributed by atoms with Crippen LogP contribution < -0.4 is 5.73 Å². The van der Waals surface area contributed by atoms with Gasteiger partial charge in [-0.3, -0.25) is 0 Å². The van der Waals surface area contributed by atoms with Gasteiger partial charge in [0.1, 0.15) is 0 Å². The Labute approximate surface area is 146 Å². The first-order chi connectivity index (χ1) is 10.1. The van der Waals surface area contributed by atoms with E-state index in [0.717, 1.165) is 11.0 Å². The molecule has 1 heterocycles. The Morgan fingerprint density at radius 1 is 1.05 bits per heavy atom. The zero-order chi connectivity index (χ0) is 16.7. The fraction of sp³-hybridized carbons (Fsp3) is 0.467. The molecule has 2 N–H and O–H groups in total. The van der Waals surface area contributed by atoms with Crippen LogP contribution >= 0.6 is 34.8 Å². The van der Waals surface area contributed by atoms with Crippen molar-refractivity contribution in [2.24, 2.45) is 5.73 Å². The quantitative estimate of drug-likeness (QED) is 0.630. The summed E-state index contributed by atoms with van der Waals surface area (Å²) in [5.74, 6) is 0. The lowest BCUT2D eigenvalue weighted by molar-refractivity contribution is 0.00578. The lowest BCUT2D eigenvalue weighted by atomic mass is 9.77. The van der Waals surface area contributed by atoms with Crippen LogP contribution in [-0.2, 0) is 9.31 Å². The van der Waals surface area contributed by atoms with Crippen LogP contribution in [0.4, 0.5) is 0 Å². The summed E-state index contributed by atoms with van der Waals surface area (Å²) in [6, 6.07) is 3.31. The Morgan fingerprint density at radius 3 is 2.05 bits per heavy atom. The molecule has 0 spiro atoms. The summed E-state index contributed by atoms with van der Waals surface area (Å²) in [6.07, 6.45) is 1.84. The van der Waals surface area contributed by atoms with Gasteiger partial charge < -0.3 is 15.0 Å². The SMILES string of the molecule is CC1(C)OB(C(=Cc2cc(Cl)c(Cl)cc2Cl)CN)OC1(C)C. The van der Waals surface area contributed by atoms with E-state index in [2.05, 4.69) is 0 Å². The zero-order valence-corrected chi connectivity index (χ0v) is 15.3. The fourth-order valence-corrected chi connectivity index (χ4v) is 2.68. The number of benzene rings is 1. The molecule has 0 atom stereocenters. The maximum atomic E-state index is 6.21. The minimum absolute atomic E-state index is 0.285. The van der Waals surface area contributed by atoms with E-state index in [0.29, 0.717) is 15.1 Å². The topological polar surface area (TPSA) is 44.5 Å². The van der Waals surface area contributed by atoms with E-state index >= 15 is 0 Å². The smallest absolute Gasteiger partial charge is 0.400 e. The number of nitrogens with two attached hydrogens (primary N) is 1. The van der Waals surface area contributed by atoms with Crippen molar-refractivity contribution in [2.75, 3.05) is 6.54 Å². The molecule has 1 aliphatic rings. The minimum atomic E-state index is -0.513. The van der Waals surface area contributed by atoms with Gasteiger partial charge in [0.05, 0.1) is 21.2 Å². The molecule has 22 heavy (non-hydrogen) atoms. The first-order valence-electron chi connectivity index (χ1n) is 6.98. The van der Waals surface area contributed by atoms with E-state index in [4.69, 9.17) is 49.8 Å². The Hall–Kier alpha value is -0.225. The molecule has 7 heteroatoms. The van der Waals surface area contributed by atoms with Crippen molar-refractivity contribution in [3.63, 3.8) is 0 Å². The van der Waals surface area contributed by atoms with Gasteiger partial charge in [0.25, 0.3) is 0 Å². The largest absolute Gasteiger partial charge is 0.491 e. The van der Waals surface area contributed by atoms with Gasteiger partial charge in [0, 0.05) is 11.6 Å². The molecule has 0 amide bonds. The van der Waals surface area contributed by atoms with Crippen LogP contribution in [0.2, 0.25) is 15.1 Å². The third-order valence-electron chi connectivity index (χ3n) is 4.17.